The summed E-state index contributed by atoms with van der Waals surface area (Å²) in [5, 5.41) is 0. The Bertz CT molecular complexity index is 148. The van der Waals surface area contributed by atoms with Crippen molar-refractivity contribution in [2.75, 3.05) is 40.0 Å². The van der Waals surface area contributed by atoms with E-state index in [2.05, 4.69) is 27.8 Å². The summed E-state index contributed by atoms with van der Waals surface area (Å²) in [4.78, 5) is 0. The normalized spacial score (nSPS) is 43.0. The lowest BCUT2D eigenvalue weighted by Gasteiger charge is -2.44. The molecule has 72 valence electrons. The zero-order chi connectivity index (χ0) is 9.24. The maximum atomic E-state index is 2.37. The Labute approximate surface area is 77.0 Å². The van der Waals surface area contributed by atoms with E-state index in [0.29, 0.717) is 0 Å². The molecule has 0 spiro atoms. The van der Waals surface area contributed by atoms with Crippen LogP contribution < -0.4 is 0 Å². The molecule has 3 rings (SSSR count). The molecule has 0 amide bonds. The summed E-state index contributed by atoms with van der Waals surface area (Å²) < 4.78 is 2.77. The van der Waals surface area contributed by atoms with Gasteiger partial charge in [0.2, 0.25) is 13.3 Å². The first-order chi connectivity index (χ1) is 5.60. The molecule has 0 aromatic carbocycles. The van der Waals surface area contributed by atoms with Gasteiger partial charge in [-0.3, -0.25) is 0 Å². The van der Waals surface area contributed by atoms with Crippen LogP contribution in [0.2, 0.25) is 0 Å². The van der Waals surface area contributed by atoms with Gasteiger partial charge in [-0.1, -0.05) is 20.3 Å². The third-order valence-corrected chi connectivity index (χ3v) is 3.07. The van der Waals surface area contributed by atoms with E-state index < -0.39 is 0 Å². The lowest BCUT2D eigenvalue weighted by molar-refractivity contribution is -1.21. The standard InChI is InChI=1S/C7H16N2.C3H8/c1-3-9-5-4-8(2,6-9)7-9;1-3-2/h3-7H2,1-2H3;3H2,1-2H3/q+2;. The van der Waals surface area contributed by atoms with Gasteiger partial charge in [0, 0.05) is 0 Å². The SMILES string of the molecule is CCC.CC[N+]12CC[N+](C)(C1)C2. The predicted octanol–water partition coefficient (Wildman–Crippen LogP) is 1.63. The molecule has 12 heavy (non-hydrogen) atoms. The molecule has 0 N–H and O–H groups in total. The van der Waals surface area contributed by atoms with Crippen molar-refractivity contribution >= 4 is 0 Å². The van der Waals surface area contributed by atoms with Gasteiger partial charge in [-0.2, -0.15) is 0 Å². The third-order valence-electron chi connectivity index (χ3n) is 3.07. The van der Waals surface area contributed by atoms with Crippen LogP contribution in [0.15, 0.2) is 0 Å². The molecule has 0 saturated carbocycles. The van der Waals surface area contributed by atoms with E-state index in [-0.39, 0.29) is 0 Å². The lowest BCUT2D eigenvalue weighted by Crippen LogP contribution is -2.68. The molecule has 2 bridgehead atoms. The second kappa shape index (κ2) is 3.35. The summed E-state index contributed by atoms with van der Waals surface area (Å²) in [6, 6.07) is 0. The average Bonchev–Trinajstić information content (AvgIpc) is 2.44. The number of likely N-dealkylation sites (N-methyl/N-ethyl adjacent to an activating group) is 2. The summed E-state index contributed by atoms with van der Waals surface area (Å²) in [6.45, 7) is 13.6. The Morgan fingerprint density at radius 2 is 1.50 bits per heavy atom. The Morgan fingerprint density at radius 3 is 1.67 bits per heavy atom. The quantitative estimate of drug-likeness (QED) is 0.527. The molecule has 3 heterocycles. The van der Waals surface area contributed by atoms with E-state index in [1.807, 2.05) is 0 Å². The smallest absolute Gasteiger partial charge is 0.216 e. The van der Waals surface area contributed by atoms with Crippen molar-refractivity contribution in [3.63, 3.8) is 0 Å². The van der Waals surface area contributed by atoms with Gasteiger partial charge in [0.05, 0.1) is 13.6 Å². The van der Waals surface area contributed by atoms with Gasteiger partial charge in [-0.15, -0.1) is 0 Å². The van der Waals surface area contributed by atoms with E-state index in [0.717, 1.165) is 0 Å². The summed E-state index contributed by atoms with van der Waals surface area (Å²) in [7, 11) is 2.37. The van der Waals surface area contributed by atoms with Gasteiger partial charge < -0.3 is 0 Å². The Balaban J connectivity index is 0.000000213. The summed E-state index contributed by atoms with van der Waals surface area (Å²) >= 11 is 0. The summed E-state index contributed by atoms with van der Waals surface area (Å²) in [5.41, 5.74) is 0. The van der Waals surface area contributed by atoms with Crippen LogP contribution in [0.4, 0.5) is 0 Å². The highest BCUT2D eigenvalue weighted by atomic mass is 15.7. The Morgan fingerprint density at radius 1 is 1.00 bits per heavy atom. The van der Waals surface area contributed by atoms with Crippen LogP contribution >= 0.6 is 0 Å². The highest BCUT2D eigenvalue weighted by Gasteiger charge is 2.59. The van der Waals surface area contributed by atoms with Crippen molar-refractivity contribution < 1.29 is 8.97 Å². The van der Waals surface area contributed by atoms with Crippen molar-refractivity contribution in [1.82, 2.24) is 0 Å². The van der Waals surface area contributed by atoms with E-state index >= 15 is 0 Å². The van der Waals surface area contributed by atoms with Crippen molar-refractivity contribution in [1.29, 1.82) is 0 Å². The molecule has 0 aromatic rings. The van der Waals surface area contributed by atoms with Gasteiger partial charge in [-0.25, -0.2) is 8.97 Å². The van der Waals surface area contributed by atoms with Crippen LogP contribution in [0.25, 0.3) is 0 Å². The fourth-order valence-corrected chi connectivity index (χ4v) is 2.50. The minimum absolute atomic E-state index is 1.25. The van der Waals surface area contributed by atoms with Gasteiger partial charge in [0.15, 0.2) is 0 Å². The van der Waals surface area contributed by atoms with E-state index in [1.54, 1.807) is 0 Å². The fourth-order valence-electron chi connectivity index (χ4n) is 2.50. The first-order valence-electron chi connectivity index (χ1n) is 5.28. The van der Waals surface area contributed by atoms with Gasteiger partial charge >= 0.3 is 0 Å². The van der Waals surface area contributed by atoms with E-state index in [4.69, 9.17) is 0 Å². The maximum Gasteiger partial charge on any atom is 0.216 e. The zero-order valence-corrected chi connectivity index (χ0v) is 9.14. The molecule has 2 nitrogen and oxygen atoms in total. The highest BCUT2D eigenvalue weighted by Crippen LogP contribution is 2.33. The number of hydrogen-bond donors (Lipinski definition) is 0. The van der Waals surface area contributed by atoms with Crippen LogP contribution in [0.3, 0.4) is 0 Å². The largest absolute Gasteiger partial charge is 0.229 e. The summed E-state index contributed by atoms with van der Waals surface area (Å²) in [5.74, 6) is 0. The number of hydrogen-bond acceptors (Lipinski definition) is 0. The van der Waals surface area contributed by atoms with Gasteiger partial charge in [0.25, 0.3) is 0 Å². The van der Waals surface area contributed by atoms with Crippen molar-refractivity contribution in [2.45, 2.75) is 27.2 Å². The molecular formula is C10H24N2+2. The predicted molar refractivity (Wildman–Crippen MR) is 52.4 cm³/mol. The molecule has 3 aliphatic heterocycles. The van der Waals surface area contributed by atoms with Crippen LogP contribution in [-0.2, 0) is 0 Å². The highest BCUT2D eigenvalue weighted by molar-refractivity contribution is 4.52. The molecule has 0 atom stereocenters. The molecule has 3 aliphatic rings. The minimum Gasteiger partial charge on any atom is -0.229 e. The van der Waals surface area contributed by atoms with Crippen LogP contribution in [0.1, 0.15) is 27.2 Å². The van der Waals surface area contributed by atoms with E-state index in [9.17, 15) is 0 Å². The second-order valence-corrected chi connectivity index (χ2v) is 4.71. The zero-order valence-electron chi connectivity index (χ0n) is 9.14. The molecule has 3 fully saturated rings. The monoisotopic (exact) mass is 172 g/mol. The van der Waals surface area contributed by atoms with Gasteiger partial charge in [0.1, 0.15) is 13.1 Å². The van der Waals surface area contributed by atoms with Crippen molar-refractivity contribution in [3.05, 3.63) is 0 Å². The summed E-state index contributed by atoms with van der Waals surface area (Å²) in [6.07, 6.45) is 1.25. The van der Waals surface area contributed by atoms with E-state index in [1.165, 1.54) is 48.4 Å². The van der Waals surface area contributed by atoms with Crippen LogP contribution in [0.5, 0.6) is 0 Å². The number of rotatable bonds is 1. The molecule has 2 heteroatoms. The molecule has 0 aromatic heterocycles. The molecule has 3 saturated heterocycles. The Hall–Kier alpha value is -0.0800. The number of quaternary nitrogens is 2. The maximum absolute atomic E-state index is 2.37. The second-order valence-electron chi connectivity index (χ2n) is 4.71. The number of nitrogens with zero attached hydrogens (tertiary/aromatic N) is 2. The lowest BCUT2D eigenvalue weighted by atomic mass is 10.4. The minimum atomic E-state index is 1.25. The average molecular weight is 172 g/mol. The topological polar surface area (TPSA) is 0 Å². The first-order valence-corrected chi connectivity index (χ1v) is 5.28. The Kier molecular flexibility index (Phi) is 2.79. The molecular weight excluding hydrogens is 148 g/mol. The van der Waals surface area contributed by atoms with Crippen molar-refractivity contribution in [3.8, 4) is 0 Å². The van der Waals surface area contributed by atoms with Crippen LogP contribution in [-0.4, -0.2) is 49.0 Å². The van der Waals surface area contributed by atoms with Crippen molar-refractivity contribution in [2.24, 2.45) is 0 Å². The molecule has 0 aliphatic carbocycles. The molecule has 0 radical (unpaired) electrons. The fraction of sp³-hybridized carbons (Fsp3) is 1.00. The molecule has 0 unspecified atom stereocenters. The van der Waals surface area contributed by atoms with Gasteiger partial charge in [-0.05, 0) is 6.92 Å². The first kappa shape index (κ1) is 10.0. The third kappa shape index (κ3) is 1.64. The number of fused-ring (bicyclic) bond motifs is 1. The van der Waals surface area contributed by atoms with Crippen LogP contribution in [0, 0.1) is 0 Å².